The fourth-order valence-electron chi connectivity index (χ4n) is 0.281. The smallest absolute Gasteiger partial charge is 0.363 e. The van der Waals surface area contributed by atoms with Crippen LogP contribution in [0.2, 0.25) is 0 Å². The van der Waals surface area contributed by atoms with E-state index in [1.807, 2.05) is 0 Å². The van der Waals surface area contributed by atoms with Crippen LogP contribution in [-0.2, 0) is 14.4 Å². The summed E-state index contributed by atoms with van der Waals surface area (Å²) in [6.45, 7) is 0. The summed E-state index contributed by atoms with van der Waals surface area (Å²) in [5, 5.41) is 11.0. The molecular weight excluding hydrogens is 140 g/mol. The van der Waals surface area contributed by atoms with Crippen LogP contribution in [0.15, 0.2) is 5.16 Å². The first kappa shape index (κ1) is 8.41. The maximum absolute atomic E-state index is 10.2. The Kier molecular flexibility index (Phi) is 2.89. The molecule has 0 radical (unpaired) electrons. The summed E-state index contributed by atoms with van der Waals surface area (Å²) in [5.74, 6) is -2.64. The number of amides is 1. The third kappa shape index (κ3) is 2.12. The fourth-order valence-corrected chi connectivity index (χ4v) is 0.281. The lowest BCUT2D eigenvalue weighted by Crippen LogP contribution is -2.30. The molecule has 0 aliphatic rings. The number of carboxylic acid groups (broad SMARTS) is 1. The van der Waals surface area contributed by atoms with Gasteiger partial charge in [-0.05, 0) is 0 Å². The van der Waals surface area contributed by atoms with Gasteiger partial charge in [-0.3, -0.25) is 4.79 Å². The van der Waals surface area contributed by atoms with Crippen molar-refractivity contribution in [3.8, 4) is 0 Å². The van der Waals surface area contributed by atoms with E-state index in [4.69, 9.17) is 5.11 Å². The summed E-state index contributed by atoms with van der Waals surface area (Å²) < 4.78 is 0. The van der Waals surface area contributed by atoms with Crippen molar-refractivity contribution < 1.29 is 19.5 Å². The Labute approximate surface area is 56.3 Å². The van der Waals surface area contributed by atoms with E-state index in [1.165, 1.54) is 0 Å². The number of oxime groups is 1. The molecule has 0 atom stereocenters. The van der Waals surface area contributed by atoms with E-state index in [1.54, 1.807) is 0 Å². The van der Waals surface area contributed by atoms with E-state index >= 15 is 0 Å². The van der Waals surface area contributed by atoms with Crippen molar-refractivity contribution in [2.75, 3.05) is 7.11 Å². The molecule has 0 spiro atoms. The second-order valence-electron chi connectivity index (χ2n) is 1.29. The normalized spacial score (nSPS) is 10.7. The van der Waals surface area contributed by atoms with E-state index in [-0.39, 0.29) is 0 Å². The van der Waals surface area contributed by atoms with E-state index in [0.29, 0.717) is 0 Å². The molecule has 0 saturated carbocycles. The summed E-state index contributed by atoms with van der Waals surface area (Å²) in [5.41, 5.74) is 3.78. The molecule has 0 saturated heterocycles. The number of carbonyl (C=O) groups excluding carboxylic acids is 1. The standard InChI is InChI=1S/C4H6N2O4/c1-10-6-2(3(5)7)4(8)9/h1H3,(H2,5,7)(H,8,9)/b6-2+. The Morgan fingerprint density at radius 1 is 1.60 bits per heavy atom. The van der Waals surface area contributed by atoms with Crippen molar-refractivity contribution in [3.05, 3.63) is 0 Å². The molecule has 1 amide bonds. The molecule has 0 aliphatic heterocycles. The summed E-state index contributed by atoms with van der Waals surface area (Å²) in [7, 11) is 1.12. The van der Waals surface area contributed by atoms with Gasteiger partial charge in [-0.1, -0.05) is 5.16 Å². The van der Waals surface area contributed by atoms with Gasteiger partial charge in [0.1, 0.15) is 7.11 Å². The minimum absolute atomic E-state index is 0.817. The van der Waals surface area contributed by atoms with Crippen LogP contribution in [0.4, 0.5) is 0 Å². The van der Waals surface area contributed by atoms with Gasteiger partial charge >= 0.3 is 5.97 Å². The molecule has 0 rings (SSSR count). The van der Waals surface area contributed by atoms with Crippen LogP contribution in [0.25, 0.3) is 0 Å². The van der Waals surface area contributed by atoms with Gasteiger partial charge in [0, 0.05) is 0 Å². The van der Waals surface area contributed by atoms with E-state index in [9.17, 15) is 9.59 Å². The minimum Gasteiger partial charge on any atom is -0.476 e. The average Bonchev–Trinajstić information content (AvgIpc) is 1.81. The molecule has 6 heteroatoms. The van der Waals surface area contributed by atoms with Gasteiger partial charge in [-0.25, -0.2) is 4.79 Å². The zero-order valence-corrected chi connectivity index (χ0v) is 5.20. The maximum atomic E-state index is 10.2. The van der Waals surface area contributed by atoms with Crippen molar-refractivity contribution in [2.24, 2.45) is 10.9 Å². The number of rotatable bonds is 3. The van der Waals surface area contributed by atoms with E-state index in [2.05, 4.69) is 15.7 Å². The first-order valence-electron chi connectivity index (χ1n) is 2.23. The van der Waals surface area contributed by atoms with E-state index in [0.717, 1.165) is 7.11 Å². The van der Waals surface area contributed by atoms with Crippen molar-refractivity contribution >= 4 is 17.6 Å². The quantitative estimate of drug-likeness (QED) is 0.289. The summed E-state index contributed by atoms with van der Waals surface area (Å²) >= 11 is 0. The van der Waals surface area contributed by atoms with Gasteiger partial charge in [0.25, 0.3) is 11.6 Å². The largest absolute Gasteiger partial charge is 0.476 e. The second-order valence-corrected chi connectivity index (χ2v) is 1.29. The van der Waals surface area contributed by atoms with E-state index < -0.39 is 17.6 Å². The van der Waals surface area contributed by atoms with Crippen LogP contribution in [0.1, 0.15) is 0 Å². The third-order valence-electron chi connectivity index (χ3n) is 0.619. The summed E-state index contributed by atoms with van der Waals surface area (Å²) in [4.78, 5) is 24.2. The highest BCUT2D eigenvalue weighted by Gasteiger charge is 2.16. The first-order chi connectivity index (χ1) is 4.59. The molecule has 3 N–H and O–H groups in total. The minimum atomic E-state index is -1.51. The lowest BCUT2D eigenvalue weighted by molar-refractivity contribution is -0.130. The van der Waals surface area contributed by atoms with Crippen molar-refractivity contribution in [1.82, 2.24) is 0 Å². The van der Waals surface area contributed by atoms with Crippen LogP contribution in [0.3, 0.4) is 0 Å². The van der Waals surface area contributed by atoms with Gasteiger partial charge in [0.15, 0.2) is 0 Å². The third-order valence-corrected chi connectivity index (χ3v) is 0.619. The highest BCUT2D eigenvalue weighted by Crippen LogP contribution is 1.78. The molecule has 0 fully saturated rings. The zero-order valence-electron chi connectivity index (χ0n) is 5.20. The molecule has 0 aromatic rings. The molecule has 0 unspecified atom stereocenters. The summed E-state index contributed by atoms with van der Waals surface area (Å²) in [6.07, 6.45) is 0. The number of hydrogen-bond acceptors (Lipinski definition) is 4. The predicted octanol–water partition coefficient (Wildman–Crippen LogP) is -1.44. The van der Waals surface area contributed by atoms with Crippen LogP contribution in [0, 0.1) is 0 Å². The molecule has 56 valence electrons. The Hall–Kier alpha value is -1.59. The molecule has 0 aromatic carbocycles. The number of carboxylic acids is 1. The average molecular weight is 146 g/mol. The van der Waals surface area contributed by atoms with Crippen molar-refractivity contribution in [3.63, 3.8) is 0 Å². The lowest BCUT2D eigenvalue weighted by atomic mass is 10.4. The van der Waals surface area contributed by atoms with Crippen molar-refractivity contribution in [1.29, 1.82) is 0 Å². The molecule has 0 aromatic heterocycles. The number of nitrogens with two attached hydrogens (primary N) is 1. The molecule has 10 heavy (non-hydrogen) atoms. The number of primary amides is 1. The van der Waals surface area contributed by atoms with Gasteiger partial charge < -0.3 is 15.7 Å². The number of hydrogen-bond donors (Lipinski definition) is 2. The molecule has 0 aliphatic carbocycles. The Balaban J connectivity index is 4.42. The fraction of sp³-hybridized carbons (Fsp3) is 0.250. The Morgan fingerprint density at radius 2 is 2.10 bits per heavy atom. The number of aliphatic carboxylic acids is 1. The molecular formula is C4H6N2O4. The lowest BCUT2D eigenvalue weighted by Gasteiger charge is -1.91. The highest BCUT2D eigenvalue weighted by molar-refractivity contribution is 6.63. The van der Waals surface area contributed by atoms with Crippen LogP contribution < -0.4 is 5.73 Å². The van der Waals surface area contributed by atoms with Crippen LogP contribution >= 0.6 is 0 Å². The summed E-state index contributed by atoms with van der Waals surface area (Å²) in [6, 6.07) is 0. The van der Waals surface area contributed by atoms with Crippen molar-refractivity contribution in [2.45, 2.75) is 0 Å². The molecule has 6 nitrogen and oxygen atoms in total. The predicted molar refractivity (Wildman–Crippen MR) is 31.3 cm³/mol. The Bertz CT molecular complexity index is 170. The van der Waals surface area contributed by atoms with Gasteiger partial charge in [0.05, 0.1) is 0 Å². The number of nitrogens with zero attached hydrogens (tertiary/aromatic N) is 1. The monoisotopic (exact) mass is 146 g/mol. The molecule has 0 bridgehead atoms. The first-order valence-corrected chi connectivity index (χ1v) is 2.23. The highest BCUT2D eigenvalue weighted by atomic mass is 16.6. The topological polar surface area (TPSA) is 102 Å². The van der Waals surface area contributed by atoms with Gasteiger partial charge in [0.2, 0.25) is 0 Å². The molecule has 0 heterocycles. The maximum Gasteiger partial charge on any atom is 0.363 e. The number of carbonyl (C=O) groups is 2. The second kappa shape index (κ2) is 3.44. The van der Waals surface area contributed by atoms with Gasteiger partial charge in [-0.2, -0.15) is 0 Å². The zero-order chi connectivity index (χ0) is 8.15. The van der Waals surface area contributed by atoms with Crippen LogP contribution in [-0.4, -0.2) is 29.8 Å². The van der Waals surface area contributed by atoms with Crippen LogP contribution in [0.5, 0.6) is 0 Å². The Morgan fingerprint density at radius 3 is 2.20 bits per heavy atom. The SMILES string of the molecule is CO/N=C(\C(N)=O)C(=O)O. The van der Waals surface area contributed by atoms with Gasteiger partial charge in [-0.15, -0.1) is 0 Å².